The van der Waals surface area contributed by atoms with Gasteiger partial charge in [-0.25, -0.2) is 0 Å². The van der Waals surface area contributed by atoms with Crippen molar-refractivity contribution in [1.29, 1.82) is 0 Å². The van der Waals surface area contributed by atoms with Crippen LogP contribution in [0, 0.1) is 6.92 Å². The molecule has 0 bridgehead atoms. The Bertz CT molecular complexity index is 310. The van der Waals surface area contributed by atoms with Gasteiger partial charge >= 0.3 is 0 Å². The maximum Gasteiger partial charge on any atom is 0.141 e. The summed E-state index contributed by atoms with van der Waals surface area (Å²) in [5.74, 6) is 0.221. The first-order chi connectivity index (χ1) is 5.57. The van der Waals surface area contributed by atoms with Crippen LogP contribution in [0.3, 0.4) is 0 Å². The molecule has 3 heteroatoms. The van der Waals surface area contributed by atoms with Gasteiger partial charge in [-0.1, -0.05) is 22.9 Å². The number of phenols is 1. The summed E-state index contributed by atoms with van der Waals surface area (Å²) in [5.41, 5.74) is 7.93. The van der Waals surface area contributed by atoms with Crippen LogP contribution in [0.15, 0.2) is 10.5 Å². The van der Waals surface area contributed by atoms with Gasteiger partial charge in [0.15, 0.2) is 0 Å². The first-order valence-electron chi connectivity index (χ1n) is 3.84. The fourth-order valence-electron chi connectivity index (χ4n) is 1.08. The van der Waals surface area contributed by atoms with E-state index >= 15 is 0 Å². The highest BCUT2D eigenvalue weighted by Gasteiger charge is 2.09. The molecule has 0 aliphatic rings. The van der Waals surface area contributed by atoms with Crippen molar-refractivity contribution in [2.75, 3.05) is 5.73 Å². The molecule has 0 fully saturated rings. The van der Waals surface area contributed by atoms with Gasteiger partial charge in [0.05, 0.1) is 5.69 Å². The number of halogens is 1. The summed E-state index contributed by atoms with van der Waals surface area (Å²) in [6.07, 6.45) is 0.787. The predicted molar refractivity (Wildman–Crippen MR) is 54.3 cm³/mol. The molecule has 0 atom stereocenters. The van der Waals surface area contributed by atoms with E-state index in [4.69, 9.17) is 5.73 Å². The molecule has 12 heavy (non-hydrogen) atoms. The number of aromatic hydroxyl groups is 1. The molecule has 1 rings (SSSR count). The van der Waals surface area contributed by atoms with Crippen molar-refractivity contribution in [3.8, 4) is 5.75 Å². The number of anilines is 1. The van der Waals surface area contributed by atoms with Gasteiger partial charge in [-0.15, -0.1) is 0 Å². The molecule has 0 aromatic heterocycles. The van der Waals surface area contributed by atoms with Gasteiger partial charge in [0.25, 0.3) is 0 Å². The number of phenolic OH excluding ortho intramolecular Hbond substituents is 1. The minimum absolute atomic E-state index is 0.221. The summed E-state index contributed by atoms with van der Waals surface area (Å²) < 4.78 is 0.953. The van der Waals surface area contributed by atoms with Gasteiger partial charge in [0.1, 0.15) is 5.75 Å². The highest BCUT2D eigenvalue weighted by Crippen LogP contribution is 2.33. The van der Waals surface area contributed by atoms with Gasteiger partial charge in [0, 0.05) is 4.47 Å². The third kappa shape index (κ3) is 1.41. The summed E-state index contributed by atoms with van der Waals surface area (Å²) in [5, 5.41) is 9.56. The smallest absolute Gasteiger partial charge is 0.141 e. The third-order valence-corrected chi connectivity index (χ3v) is 2.83. The van der Waals surface area contributed by atoms with Gasteiger partial charge in [-0.2, -0.15) is 0 Å². The molecule has 0 amide bonds. The Morgan fingerprint density at radius 3 is 2.67 bits per heavy atom. The van der Waals surface area contributed by atoms with Crippen LogP contribution in [0.2, 0.25) is 0 Å². The van der Waals surface area contributed by atoms with Crippen LogP contribution in [0.1, 0.15) is 18.1 Å². The largest absolute Gasteiger partial charge is 0.505 e. The SMILES string of the molecule is CCc1cc(Br)c(C)c(N)c1O. The standard InChI is InChI=1S/C9H12BrNO/c1-3-6-4-7(10)5(2)8(11)9(6)12/h4,12H,3,11H2,1-2H3. The third-order valence-electron chi connectivity index (χ3n) is 2.00. The Hall–Kier alpha value is -0.700. The lowest BCUT2D eigenvalue weighted by atomic mass is 10.1. The van der Waals surface area contributed by atoms with E-state index in [1.54, 1.807) is 0 Å². The van der Waals surface area contributed by atoms with E-state index in [-0.39, 0.29) is 5.75 Å². The predicted octanol–water partition coefficient (Wildman–Crippen LogP) is 2.61. The molecule has 0 unspecified atom stereocenters. The Kier molecular flexibility index (Phi) is 2.62. The first kappa shape index (κ1) is 9.39. The average Bonchev–Trinajstić information content (AvgIpc) is 2.08. The van der Waals surface area contributed by atoms with Crippen LogP contribution in [0.5, 0.6) is 5.75 Å². The molecule has 1 aromatic rings. The minimum Gasteiger partial charge on any atom is -0.505 e. The molecule has 0 aliphatic carbocycles. The summed E-state index contributed by atoms with van der Waals surface area (Å²) in [7, 11) is 0. The Labute approximate surface area is 80.5 Å². The number of nitrogens with two attached hydrogens (primary N) is 1. The fourth-order valence-corrected chi connectivity index (χ4v) is 1.57. The highest BCUT2D eigenvalue weighted by atomic mass is 79.9. The lowest BCUT2D eigenvalue weighted by Crippen LogP contribution is -1.94. The number of aryl methyl sites for hydroxylation is 1. The van der Waals surface area contributed by atoms with Crippen LogP contribution in [0.25, 0.3) is 0 Å². The van der Waals surface area contributed by atoms with E-state index in [1.807, 2.05) is 19.9 Å². The van der Waals surface area contributed by atoms with Crippen LogP contribution in [-0.4, -0.2) is 5.11 Å². The van der Waals surface area contributed by atoms with Crippen molar-refractivity contribution < 1.29 is 5.11 Å². The molecular weight excluding hydrogens is 218 g/mol. The Balaban J connectivity index is 3.39. The quantitative estimate of drug-likeness (QED) is 0.575. The Morgan fingerprint density at radius 2 is 2.17 bits per heavy atom. The maximum absolute atomic E-state index is 9.56. The van der Waals surface area contributed by atoms with Crippen LogP contribution < -0.4 is 5.73 Å². The van der Waals surface area contributed by atoms with Crippen molar-refractivity contribution in [1.82, 2.24) is 0 Å². The summed E-state index contributed by atoms with van der Waals surface area (Å²) in [6.45, 7) is 3.86. The second-order valence-corrected chi connectivity index (χ2v) is 3.61. The van der Waals surface area contributed by atoms with E-state index < -0.39 is 0 Å². The molecule has 0 heterocycles. The van der Waals surface area contributed by atoms with Crippen LogP contribution in [-0.2, 0) is 6.42 Å². The number of benzene rings is 1. The lowest BCUT2D eigenvalue weighted by Gasteiger charge is -2.09. The van der Waals surface area contributed by atoms with Crippen molar-refractivity contribution in [3.05, 3.63) is 21.7 Å². The molecule has 3 N–H and O–H groups in total. The molecule has 66 valence electrons. The molecule has 2 nitrogen and oxygen atoms in total. The van der Waals surface area contributed by atoms with E-state index in [1.165, 1.54) is 0 Å². The molecule has 0 saturated heterocycles. The van der Waals surface area contributed by atoms with E-state index in [0.29, 0.717) is 5.69 Å². The summed E-state index contributed by atoms with van der Waals surface area (Å²) in [6, 6.07) is 1.90. The van der Waals surface area contributed by atoms with Crippen molar-refractivity contribution >= 4 is 21.6 Å². The molecule has 0 aliphatic heterocycles. The van der Waals surface area contributed by atoms with E-state index in [9.17, 15) is 5.11 Å². The second kappa shape index (κ2) is 3.35. The maximum atomic E-state index is 9.56. The zero-order valence-electron chi connectivity index (χ0n) is 7.19. The van der Waals surface area contributed by atoms with E-state index in [2.05, 4.69) is 15.9 Å². The van der Waals surface area contributed by atoms with Gasteiger partial charge in [0.2, 0.25) is 0 Å². The normalized spacial score (nSPS) is 10.2. The van der Waals surface area contributed by atoms with Crippen molar-refractivity contribution in [3.63, 3.8) is 0 Å². The fraction of sp³-hybridized carbons (Fsp3) is 0.333. The number of hydrogen-bond donors (Lipinski definition) is 2. The summed E-state index contributed by atoms with van der Waals surface area (Å²) >= 11 is 3.38. The zero-order chi connectivity index (χ0) is 9.30. The number of nitrogen functional groups attached to an aromatic ring is 1. The van der Waals surface area contributed by atoms with Crippen LogP contribution >= 0.6 is 15.9 Å². The molecular formula is C9H12BrNO. The zero-order valence-corrected chi connectivity index (χ0v) is 8.77. The second-order valence-electron chi connectivity index (χ2n) is 2.76. The highest BCUT2D eigenvalue weighted by molar-refractivity contribution is 9.10. The molecule has 0 radical (unpaired) electrons. The monoisotopic (exact) mass is 229 g/mol. The van der Waals surface area contributed by atoms with Crippen LogP contribution in [0.4, 0.5) is 5.69 Å². The Morgan fingerprint density at radius 1 is 1.58 bits per heavy atom. The van der Waals surface area contributed by atoms with Crippen molar-refractivity contribution in [2.24, 2.45) is 0 Å². The van der Waals surface area contributed by atoms with E-state index in [0.717, 1.165) is 22.0 Å². The molecule has 1 aromatic carbocycles. The molecule has 0 saturated carbocycles. The topological polar surface area (TPSA) is 46.2 Å². The minimum atomic E-state index is 0.221. The number of hydrogen-bond acceptors (Lipinski definition) is 2. The average molecular weight is 230 g/mol. The van der Waals surface area contributed by atoms with Gasteiger partial charge < -0.3 is 10.8 Å². The first-order valence-corrected chi connectivity index (χ1v) is 4.63. The lowest BCUT2D eigenvalue weighted by molar-refractivity contribution is 0.471. The van der Waals surface area contributed by atoms with Crippen molar-refractivity contribution in [2.45, 2.75) is 20.3 Å². The molecule has 0 spiro atoms. The summed E-state index contributed by atoms with van der Waals surface area (Å²) in [4.78, 5) is 0. The van der Waals surface area contributed by atoms with Gasteiger partial charge in [-0.3, -0.25) is 0 Å². The number of rotatable bonds is 1. The van der Waals surface area contributed by atoms with Gasteiger partial charge in [-0.05, 0) is 30.5 Å².